The third-order valence-electron chi connectivity index (χ3n) is 3.22. The Morgan fingerprint density at radius 2 is 2.35 bits per heavy atom. The Balaban J connectivity index is 2.02. The fourth-order valence-corrected chi connectivity index (χ4v) is 2.27. The summed E-state index contributed by atoms with van der Waals surface area (Å²) >= 11 is 5.99. The second kappa shape index (κ2) is 5.61. The molecule has 1 aliphatic heterocycles. The summed E-state index contributed by atoms with van der Waals surface area (Å²) in [7, 11) is 1.62. The molecule has 2 atom stereocenters. The van der Waals surface area contributed by atoms with Crippen molar-refractivity contribution < 1.29 is 9.47 Å². The van der Waals surface area contributed by atoms with Crippen molar-refractivity contribution in [2.24, 2.45) is 5.92 Å². The average Bonchev–Trinajstić information content (AvgIpc) is 2.85. The van der Waals surface area contributed by atoms with Crippen molar-refractivity contribution in [3.8, 4) is 5.75 Å². The largest absolute Gasteiger partial charge is 0.495 e. The van der Waals surface area contributed by atoms with E-state index in [1.165, 1.54) is 0 Å². The molecule has 1 fully saturated rings. The molecule has 2 rings (SSSR count). The van der Waals surface area contributed by atoms with E-state index in [2.05, 4.69) is 12.2 Å². The smallest absolute Gasteiger partial charge is 0.139 e. The van der Waals surface area contributed by atoms with Crippen molar-refractivity contribution in [3.05, 3.63) is 23.2 Å². The average molecular weight is 256 g/mol. The summed E-state index contributed by atoms with van der Waals surface area (Å²) in [6.07, 6.45) is 1.12. The molecule has 1 aromatic carbocycles. The number of methoxy groups -OCH3 is 1. The predicted octanol–water partition coefficient (Wildman–Crippen LogP) is 3.19. The van der Waals surface area contributed by atoms with Crippen LogP contribution in [0.15, 0.2) is 18.2 Å². The quantitative estimate of drug-likeness (QED) is 0.896. The molecule has 94 valence electrons. The first-order chi connectivity index (χ1) is 8.20. The van der Waals surface area contributed by atoms with Gasteiger partial charge < -0.3 is 14.8 Å². The van der Waals surface area contributed by atoms with Crippen molar-refractivity contribution in [3.63, 3.8) is 0 Å². The molecule has 0 aliphatic carbocycles. The molecule has 1 saturated heterocycles. The Kier molecular flexibility index (Phi) is 4.13. The molecule has 1 aromatic rings. The van der Waals surface area contributed by atoms with Crippen LogP contribution in [0.4, 0.5) is 5.69 Å². The van der Waals surface area contributed by atoms with Gasteiger partial charge in [0, 0.05) is 30.3 Å². The lowest BCUT2D eigenvalue weighted by Gasteiger charge is -2.21. The van der Waals surface area contributed by atoms with E-state index in [4.69, 9.17) is 21.1 Å². The minimum absolute atomic E-state index is 0.392. The molecule has 0 bridgehead atoms. The third-order valence-corrected chi connectivity index (χ3v) is 3.53. The van der Waals surface area contributed by atoms with E-state index in [-0.39, 0.29) is 0 Å². The Labute approximate surface area is 107 Å². The number of benzene rings is 1. The molecule has 2 unspecified atom stereocenters. The van der Waals surface area contributed by atoms with Crippen LogP contribution in [-0.2, 0) is 4.74 Å². The van der Waals surface area contributed by atoms with Crippen molar-refractivity contribution >= 4 is 17.3 Å². The maximum absolute atomic E-state index is 5.99. The number of hydrogen-bond acceptors (Lipinski definition) is 3. The summed E-state index contributed by atoms with van der Waals surface area (Å²) in [4.78, 5) is 0. The molecule has 0 amide bonds. The summed E-state index contributed by atoms with van der Waals surface area (Å²) in [5, 5.41) is 4.10. The zero-order valence-corrected chi connectivity index (χ0v) is 11.0. The monoisotopic (exact) mass is 255 g/mol. The van der Waals surface area contributed by atoms with E-state index in [1.807, 2.05) is 18.2 Å². The van der Waals surface area contributed by atoms with Crippen LogP contribution >= 0.6 is 11.6 Å². The van der Waals surface area contributed by atoms with Crippen LogP contribution in [-0.4, -0.2) is 26.4 Å². The van der Waals surface area contributed by atoms with E-state index in [0.29, 0.717) is 22.7 Å². The van der Waals surface area contributed by atoms with Crippen molar-refractivity contribution in [2.75, 3.05) is 25.6 Å². The molecular formula is C13H18ClNO2. The van der Waals surface area contributed by atoms with Crippen molar-refractivity contribution in [2.45, 2.75) is 19.4 Å². The highest BCUT2D eigenvalue weighted by Gasteiger charge is 2.22. The van der Waals surface area contributed by atoms with Gasteiger partial charge in [0.2, 0.25) is 0 Å². The number of anilines is 1. The van der Waals surface area contributed by atoms with Crippen LogP contribution in [0, 0.1) is 5.92 Å². The molecule has 1 heterocycles. The highest BCUT2D eigenvalue weighted by Crippen LogP contribution is 2.28. The highest BCUT2D eigenvalue weighted by atomic mass is 35.5. The number of hydrogen-bond donors (Lipinski definition) is 1. The van der Waals surface area contributed by atoms with Gasteiger partial charge >= 0.3 is 0 Å². The Bertz CT molecular complexity index is 378. The summed E-state index contributed by atoms with van der Waals surface area (Å²) < 4.78 is 10.6. The van der Waals surface area contributed by atoms with E-state index in [9.17, 15) is 0 Å². The van der Waals surface area contributed by atoms with Crippen molar-refractivity contribution in [1.29, 1.82) is 0 Å². The highest BCUT2D eigenvalue weighted by molar-refractivity contribution is 6.32. The van der Waals surface area contributed by atoms with Gasteiger partial charge in [0.1, 0.15) is 5.75 Å². The Morgan fingerprint density at radius 1 is 1.53 bits per heavy atom. The van der Waals surface area contributed by atoms with Crippen molar-refractivity contribution in [1.82, 2.24) is 0 Å². The van der Waals surface area contributed by atoms with E-state index in [1.54, 1.807) is 7.11 Å². The third kappa shape index (κ3) is 3.05. The first kappa shape index (κ1) is 12.5. The van der Waals surface area contributed by atoms with Crippen LogP contribution in [0.3, 0.4) is 0 Å². The maximum Gasteiger partial charge on any atom is 0.139 e. The molecule has 0 saturated carbocycles. The van der Waals surface area contributed by atoms with E-state index >= 15 is 0 Å². The van der Waals surface area contributed by atoms with Crippen LogP contribution in [0.2, 0.25) is 5.02 Å². The standard InChI is InChI=1S/C13H18ClNO2/c1-9(10-5-6-17-8-10)15-11-3-4-12(14)13(7-11)16-2/h3-4,7,9-10,15H,5-6,8H2,1-2H3. The van der Waals surface area contributed by atoms with Gasteiger partial charge in [-0.2, -0.15) is 0 Å². The van der Waals surface area contributed by atoms with Gasteiger partial charge in [-0.25, -0.2) is 0 Å². The summed E-state index contributed by atoms with van der Waals surface area (Å²) in [5.74, 6) is 1.28. The van der Waals surface area contributed by atoms with Gasteiger partial charge in [0.05, 0.1) is 18.7 Å². The van der Waals surface area contributed by atoms with Gasteiger partial charge in [-0.05, 0) is 25.5 Å². The lowest BCUT2D eigenvalue weighted by Crippen LogP contribution is -2.26. The molecule has 0 aromatic heterocycles. The maximum atomic E-state index is 5.99. The first-order valence-electron chi connectivity index (χ1n) is 5.88. The number of halogens is 1. The van der Waals surface area contributed by atoms with Crippen LogP contribution in [0.1, 0.15) is 13.3 Å². The fraction of sp³-hybridized carbons (Fsp3) is 0.538. The van der Waals surface area contributed by atoms with E-state index < -0.39 is 0 Å². The zero-order valence-electron chi connectivity index (χ0n) is 10.2. The molecule has 0 spiro atoms. The number of nitrogens with one attached hydrogen (secondary N) is 1. The SMILES string of the molecule is COc1cc(NC(C)C2CCOC2)ccc1Cl. The Hall–Kier alpha value is -0.930. The normalized spacial score (nSPS) is 21.2. The van der Waals surface area contributed by atoms with Gasteiger partial charge in [-0.1, -0.05) is 11.6 Å². The van der Waals surface area contributed by atoms with Gasteiger partial charge in [-0.15, -0.1) is 0 Å². The zero-order chi connectivity index (χ0) is 12.3. The molecule has 3 nitrogen and oxygen atoms in total. The minimum Gasteiger partial charge on any atom is -0.495 e. The van der Waals surface area contributed by atoms with Crippen LogP contribution in [0.5, 0.6) is 5.75 Å². The van der Waals surface area contributed by atoms with Crippen LogP contribution < -0.4 is 10.1 Å². The number of ether oxygens (including phenoxy) is 2. The minimum atomic E-state index is 0.392. The van der Waals surface area contributed by atoms with E-state index in [0.717, 1.165) is 25.3 Å². The topological polar surface area (TPSA) is 30.5 Å². The number of rotatable bonds is 4. The lowest BCUT2D eigenvalue weighted by molar-refractivity contribution is 0.183. The van der Waals surface area contributed by atoms with Crippen LogP contribution in [0.25, 0.3) is 0 Å². The second-order valence-electron chi connectivity index (χ2n) is 4.41. The molecular weight excluding hydrogens is 238 g/mol. The fourth-order valence-electron chi connectivity index (χ4n) is 2.08. The predicted molar refractivity (Wildman–Crippen MR) is 70.0 cm³/mol. The van der Waals surface area contributed by atoms with Gasteiger partial charge in [0.25, 0.3) is 0 Å². The molecule has 1 N–H and O–H groups in total. The summed E-state index contributed by atoms with van der Waals surface area (Å²) in [6.45, 7) is 3.90. The summed E-state index contributed by atoms with van der Waals surface area (Å²) in [6, 6.07) is 6.13. The first-order valence-corrected chi connectivity index (χ1v) is 6.26. The second-order valence-corrected chi connectivity index (χ2v) is 4.81. The molecule has 1 aliphatic rings. The molecule has 0 radical (unpaired) electrons. The summed E-state index contributed by atoms with van der Waals surface area (Å²) in [5.41, 5.74) is 1.03. The van der Waals surface area contributed by atoms with Gasteiger partial charge in [-0.3, -0.25) is 0 Å². The molecule has 4 heteroatoms. The van der Waals surface area contributed by atoms with Gasteiger partial charge in [0.15, 0.2) is 0 Å². The Morgan fingerprint density at radius 3 is 3.00 bits per heavy atom. The lowest BCUT2D eigenvalue weighted by atomic mass is 10.0. The molecule has 17 heavy (non-hydrogen) atoms.